The van der Waals surface area contributed by atoms with Crippen molar-refractivity contribution >= 4 is 35.9 Å². The zero-order valence-corrected chi connectivity index (χ0v) is 18.9. The highest BCUT2D eigenvalue weighted by atomic mass is 16.2. The van der Waals surface area contributed by atoms with E-state index in [4.69, 9.17) is 0 Å². The van der Waals surface area contributed by atoms with Crippen LogP contribution >= 0.6 is 0 Å². The molecule has 0 fully saturated rings. The fourth-order valence-corrected chi connectivity index (χ4v) is 2.64. The van der Waals surface area contributed by atoms with Crippen LogP contribution in [0.4, 0.5) is 4.79 Å². The van der Waals surface area contributed by atoms with Crippen LogP contribution in [-0.4, -0.2) is 72.6 Å². The minimum Gasteiger partial charge on any atom is -0.348 e. The van der Waals surface area contributed by atoms with Crippen molar-refractivity contribution in [2.24, 2.45) is 5.92 Å². The molecule has 0 aromatic rings. The molecule has 6 amide bonds. The van der Waals surface area contributed by atoms with E-state index in [1.165, 1.54) is 6.92 Å². The Morgan fingerprint density at radius 3 is 2.03 bits per heavy atom. The molecule has 4 N–H and O–H groups in total. The highest BCUT2D eigenvalue weighted by Gasteiger charge is 2.26. The molecule has 11 heteroatoms. The quantitative estimate of drug-likeness (QED) is 0.288. The van der Waals surface area contributed by atoms with Crippen molar-refractivity contribution in [3.8, 4) is 0 Å². The van der Waals surface area contributed by atoms with E-state index < -0.39 is 35.7 Å². The third kappa shape index (κ3) is 11.1. The molecular weight excluding hydrogens is 406 g/mol. The average molecular weight is 442 g/mol. The van der Waals surface area contributed by atoms with Crippen LogP contribution in [0.25, 0.3) is 0 Å². The standard InChI is InChI=1S/C20H35N5O6/c1-6-15(7-2)23-20(31)25(14(5)27)10-8-16(28)24-18(13(3)4)19(30)22-12-17(29)21-9-11-26/h11,13,15,18H,6-10,12H2,1-5H3,(H,21,29)(H,22,30)(H,23,31)(H,24,28). The van der Waals surface area contributed by atoms with Crippen LogP contribution in [-0.2, 0) is 24.0 Å². The normalized spacial score (nSPS) is 11.5. The SMILES string of the molecule is CCC(CC)NC(=O)N(CCC(=O)NC(C(=O)NCC(=O)NCC=O)C(C)C)C(C)=O. The van der Waals surface area contributed by atoms with E-state index >= 15 is 0 Å². The zero-order valence-electron chi connectivity index (χ0n) is 18.9. The van der Waals surface area contributed by atoms with Gasteiger partial charge in [0.1, 0.15) is 12.3 Å². The molecule has 0 aliphatic heterocycles. The van der Waals surface area contributed by atoms with Gasteiger partial charge in [-0.15, -0.1) is 0 Å². The lowest BCUT2D eigenvalue weighted by Gasteiger charge is -2.24. The van der Waals surface area contributed by atoms with Gasteiger partial charge in [0.2, 0.25) is 23.6 Å². The third-order valence-electron chi connectivity index (χ3n) is 4.57. The van der Waals surface area contributed by atoms with E-state index in [-0.39, 0.29) is 38.0 Å². The van der Waals surface area contributed by atoms with Gasteiger partial charge in [0.05, 0.1) is 13.1 Å². The van der Waals surface area contributed by atoms with Gasteiger partial charge in [0.25, 0.3) is 0 Å². The Hall–Kier alpha value is -2.98. The molecule has 11 nitrogen and oxygen atoms in total. The molecular formula is C20H35N5O6. The van der Waals surface area contributed by atoms with Crippen molar-refractivity contribution in [3.05, 3.63) is 0 Å². The maximum Gasteiger partial charge on any atom is 0.324 e. The number of hydrogen-bond donors (Lipinski definition) is 4. The van der Waals surface area contributed by atoms with E-state index in [9.17, 15) is 28.8 Å². The first-order chi connectivity index (χ1) is 14.6. The zero-order chi connectivity index (χ0) is 24.0. The maximum atomic E-state index is 12.3. The lowest BCUT2D eigenvalue weighted by molar-refractivity contribution is -0.132. The van der Waals surface area contributed by atoms with E-state index in [0.717, 1.165) is 4.90 Å². The van der Waals surface area contributed by atoms with Crippen LogP contribution in [0.5, 0.6) is 0 Å². The van der Waals surface area contributed by atoms with E-state index in [1.807, 2.05) is 13.8 Å². The Bertz CT molecular complexity index is 648. The summed E-state index contributed by atoms with van der Waals surface area (Å²) in [6, 6.07) is -1.54. The Kier molecular flexibility index (Phi) is 13.5. The summed E-state index contributed by atoms with van der Waals surface area (Å²) < 4.78 is 0. The lowest BCUT2D eigenvalue weighted by atomic mass is 10.0. The second kappa shape index (κ2) is 14.9. The summed E-state index contributed by atoms with van der Waals surface area (Å²) in [7, 11) is 0. The smallest absolute Gasteiger partial charge is 0.324 e. The first kappa shape index (κ1) is 28.0. The Balaban J connectivity index is 4.81. The Morgan fingerprint density at radius 1 is 0.935 bits per heavy atom. The number of urea groups is 1. The molecule has 0 radical (unpaired) electrons. The van der Waals surface area contributed by atoms with Crippen LogP contribution in [0.3, 0.4) is 0 Å². The molecule has 0 saturated heterocycles. The van der Waals surface area contributed by atoms with Crippen LogP contribution in [0.1, 0.15) is 53.9 Å². The van der Waals surface area contributed by atoms with Crippen molar-refractivity contribution in [1.29, 1.82) is 0 Å². The van der Waals surface area contributed by atoms with Gasteiger partial charge in [0, 0.05) is 25.9 Å². The van der Waals surface area contributed by atoms with Crippen molar-refractivity contribution < 1.29 is 28.8 Å². The number of nitrogens with zero attached hydrogens (tertiary/aromatic N) is 1. The van der Waals surface area contributed by atoms with Gasteiger partial charge >= 0.3 is 6.03 Å². The summed E-state index contributed by atoms with van der Waals surface area (Å²) in [4.78, 5) is 71.5. The van der Waals surface area contributed by atoms with Crippen molar-refractivity contribution in [2.45, 2.75) is 66.0 Å². The molecule has 0 heterocycles. The Labute approximate surface area is 183 Å². The number of carbonyl (C=O) groups is 6. The molecule has 31 heavy (non-hydrogen) atoms. The van der Waals surface area contributed by atoms with Gasteiger partial charge in [-0.05, 0) is 18.8 Å². The molecule has 0 spiro atoms. The molecule has 1 atom stereocenters. The predicted molar refractivity (Wildman–Crippen MR) is 114 cm³/mol. The van der Waals surface area contributed by atoms with Crippen molar-refractivity contribution in [2.75, 3.05) is 19.6 Å². The summed E-state index contributed by atoms with van der Waals surface area (Å²) in [6.45, 7) is 7.91. The molecule has 0 saturated carbocycles. The maximum absolute atomic E-state index is 12.3. The first-order valence-corrected chi connectivity index (χ1v) is 10.4. The number of carbonyl (C=O) groups excluding carboxylic acids is 6. The predicted octanol–water partition coefficient (Wildman–Crippen LogP) is -0.305. The molecule has 0 aromatic heterocycles. The summed E-state index contributed by atoms with van der Waals surface area (Å²) in [5, 5.41) is 10.0. The molecule has 1 unspecified atom stereocenters. The average Bonchev–Trinajstić information content (AvgIpc) is 2.72. The monoisotopic (exact) mass is 441 g/mol. The van der Waals surface area contributed by atoms with Crippen LogP contribution in [0.15, 0.2) is 0 Å². The van der Waals surface area contributed by atoms with Gasteiger partial charge in [-0.1, -0.05) is 27.7 Å². The minimum atomic E-state index is -0.907. The molecule has 0 aliphatic rings. The minimum absolute atomic E-state index is 0.0686. The molecule has 0 aliphatic carbocycles. The fourth-order valence-electron chi connectivity index (χ4n) is 2.64. The van der Waals surface area contributed by atoms with Crippen LogP contribution < -0.4 is 21.3 Å². The van der Waals surface area contributed by atoms with Gasteiger partial charge < -0.3 is 26.1 Å². The number of rotatable bonds is 13. The van der Waals surface area contributed by atoms with E-state index in [0.29, 0.717) is 19.1 Å². The number of nitrogens with one attached hydrogen (secondary N) is 4. The largest absolute Gasteiger partial charge is 0.348 e. The van der Waals surface area contributed by atoms with E-state index in [2.05, 4.69) is 21.3 Å². The molecule has 0 bridgehead atoms. The summed E-state index contributed by atoms with van der Waals surface area (Å²) in [5.41, 5.74) is 0. The van der Waals surface area contributed by atoms with Crippen LogP contribution in [0.2, 0.25) is 0 Å². The first-order valence-electron chi connectivity index (χ1n) is 10.4. The number of hydrogen-bond acceptors (Lipinski definition) is 6. The second-order valence-corrected chi connectivity index (χ2v) is 7.36. The van der Waals surface area contributed by atoms with Gasteiger partial charge in [-0.25, -0.2) is 4.79 Å². The number of aldehydes is 1. The van der Waals surface area contributed by atoms with Crippen LogP contribution in [0, 0.1) is 5.92 Å². The van der Waals surface area contributed by atoms with E-state index in [1.54, 1.807) is 13.8 Å². The topological polar surface area (TPSA) is 154 Å². The fraction of sp³-hybridized carbons (Fsp3) is 0.700. The summed E-state index contributed by atoms with van der Waals surface area (Å²) in [5.74, 6) is -2.37. The number of imide groups is 1. The molecule has 176 valence electrons. The summed E-state index contributed by atoms with van der Waals surface area (Å²) in [6.07, 6.45) is 1.78. The van der Waals surface area contributed by atoms with Gasteiger partial charge in [-0.3, -0.25) is 24.1 Å². The second-order valence-electron chi connectivity index (χ2n) is 7.36. The third-order valence-corrected chi connectivity index (χ3v) is 4.57. The van der Waals surface area contributed by atoms with Crippen molar-refractivity contribution in [1.82, 2.24) is 26.2 Å². The Morgan fingerprint density at radius 2 is 1.55 bits per heavy atom. The summed E-state index contributed by atoms with van der Waals surface area (Å²) >= 11 is 0. The van der Waals surface area contributed by atoms with Gasteiger partial charge in [-0.2, -0.15) is 0 Å². The highest BCUT2D eigenvalue weighted by Crippen LogP contribution is 2.04. The number of amides is 6. The molecule has 0 rings (SSSR count). The van der Waals surface area contributed by atoms with Gasteiger partial charge in [0.15, 0.2) is 0 Å². The van der Waals surface area contributed by atoms with Crippen molar-refractivity contribution in [3.63, 3.8) is 0 Å². The molecule has 0 aromatic carbocycles. The highest BCUT2D eigenvalue weighted by molar-refractivity contribution is 5.94. The lowest BCUT2D eigenvalue weighted by Crippen LogP contribution is -2.52.